The molecule has 0 aliphatic carbocycles. The van der Waals surface area contributed by atoms with Crippen molar-refractivity contribution in [1.82, 2.24) is 14.7 Å². The normalized spacial score (nSPS) is 22.5. The number of piperidine rings is 1. The number of rotatable bonds is 3. The molecule has 1 aromatic rings. The quantitative estimate of drug-likeness (QED) is 0.853. The first-order chi connectivity index (χ1) is 12.1. The summed E-state index contributed by atoms with van der Waals surface area (Å²) in [5.41, 5.74) is 6.98. The van der Waals surface area contributed by atoms with Gasteiger partial charge in [0.15, 0.2) is 0 Å². The van der Waals surface area contributed by atoms with Crippen LogP contribution < -0.4 is 5.73 Å². The van der Waals surface area contributed by atoms with E-state index < -0.39 is 6.04 Å². The monoisotopic (exact) mass is 380 g/mol. The molecule has 3 rings (SSSR count). The molecule has 2 fully saturated rings. The first kappa shape index (κ1) is 20.7. The Kier molecular flexibility index (Phi) is 7.43. The fourth-order valence-corrected chi connectivity index (χ4v) is 3.66. The molecule has 2 aliphatic rings. The van der Waals surface area contributed by atoms with Crippen molar-refractivity contribution < 1.29 is 9.59 Å². The molecule has 2 N–H and O–H groups in total. The number of nitrogens with two attached hydrogens (primary N) is 1. The number of amides is 2. The third-order valence-electron chi connectivity index (χ3n) is 5.32. The molecule has 26 heavy (non-hydrogen) atoms. The lowest BCUT2D eigenvalue weighted by molar-refractivity contribution is -0.142. The van der Waals surface area contributed by atoms with Crippen LogP contribution in [0.2, 0.25) is 0 Å². The minimum absolute atomic E-state index is 0. The third kappa shape index (κ3) is 4.75. The maximum atomic E-state index is 12.8. The van der Waals surface area contributed by atoms with Gasteiger partial charge in [0, 0.05) is 39.3 Å². The average Bonchev–Trinajstić information content (AvgIpc) is 2.67. The molecule has 2 saturated heterocycles. The van der Waals surface area contributed by atoms with Gasteiger partial charge in [0.2, 0.25) is 11.8 Å². The van der Waals surface area contributed by atoms with Gasteiger partial charge in [0.25, 0.3) is 0 Å². The van der Waals surface area contributed by atoms with Crippen LogP contribution in [0.5, 0.6) is 0 Å². The van der Waals surface area contributed by atoms with E-state index in [9.17, 15) is 9.59 Å². The lowest BCUT2D eigenvalue weighted by Gasteiger charge is -2.38. The van der Waals surface area contributed by atoms with Gasteiger partial charge in [-0.3, -0.25) is 9.59 Å². The highest BCUT2D eigenvalue weighted by Crippen LogP contribution is 2.22. The van der Waals surface area contributed by atoms with Crippen molar-refractivity contribution >= 4 is 24.2 Å². The van der Waals surface area contributed by atoms with Gasteiger partial charge < -0.3 is 20.4 Å². The van der Waals surface area contributed by atoms with E-state index in [0.717, 1.165) is 44.6 Å². The summed E-state index contributed by atoms with van der Waals surface area (Å²) < 4.78 is 0. The van der Waals surface area contributed by atoms with E-state index >= 15 is 0 Å². The molecule has 2 heterocycles. The number of piperazine rings is 1. The molecule has 7 heteroatoms. The zero-order valence-corrected chi connectivity index (χ0v) is 16.2. The second-order valence-corrected chi connectivity index (χ2v) is 7.14. The second kappa shape index (κ2) is 9.35. The number of likely N-dealkylation sites (N-methyl/N-ethyl adjacent to an activating group) is 1. The smallest absolute Gasteiger partial charge is 0.244 e. The highest BCUT2D eigenvalue weighted by molar-refractivity contribution is 5.85. The van der Waals surface area contributed by atoms with E-state index in [1.165, 1.54) is 0 Å². The topological polar surface area (TPSA) is 69.9 Å². The van der Waals surface area contributed by atoms with Crippen LogP contribution >= 0.6 is 12.4 Å². The van der Waals surface area contributed by atoms with Crippen molar-refractivity contribution in [3.05, 3.63) is 35.9 Å². The van der Waals surface area contributed by atoms with Gasteiger partial charge in [-0.1, -0.05) is 30.3 Å². The van der Waals surface area contributed by atoms with Gasteiger partial charge in [-0.05, 0) is 25.5 Å². The zero-order valence-electron chi connectivity index (χ0n) is 15.3. The zero-order chi connectivity index (χ0) is 17.8. The Morgan fingerprint density at radius 1 is 1.04 bits per heavy atom. The highest BCUT2D eigenvalue weighted by Gasteiger charge is 2.33. The lowest BCUT2D eigenvalue weighted by Crippen LogP contribution is -2.53. The van der Waals surface area contributed by atoms with E-state index in [1.54, 1.807) is 4.90 Å². The van der Waals surface area contributed by atoms with Crippen LogP contribution in [0, 0.1) is 5.92 Å². The van der Waals surface area contributed by atoms with E-state index in [4.69, 9.17) is 5.73 Å². The van der Waals surface area contributed by atoms with E-state index in [0.29, 0.717) is 13.1 Å². The van der Waals surface area contributed by atoms with Crippen molar-refractivity contribution in [3.8, 4) is 0 Å². The van der Waals surface area contributed by atoms with Crippen LogP contribution in [-0.4, -0.2) is 72.8 Å². The summed E-state index contributed by atoms with van der Waals surface area (Å²) in [4.78, 5) is 31.5. The van der Waals surface area contributed by atoms with Gasteiger partial charge in [-0.2, -0.15) is 0 Å². The molecule has 2 amide bonds. The van der Waals surface area contributed by atoms with Gasteiger partial charge in [-0.15, -0.1) is 12.4 Å². The Hall–Kier alpha value is -1.63. The Morgan fingerprint density at radius 2 is 1.69 bits per heavy atom. The van der Waals surface area contributed by atoms with Gasteiger partial charge in [0.1, 0.15) is 6.04 Å². The Bertz CT molecular complexity index is 605. The summed E-state index contributed by atoms with van der Waals surface area (Å²) in [5.74, 6) is 0.0186. The van der Waals surface area contributed by atoms with Crippen LogP contribution in [0.3, 0.4) is 0 Å². The van der Waals surface area contributed by atoms with Crippen molar-refractivity contribution in [2.75, 3.05) is 46.3 Å². The van der Waals surface area contributed by atoms with Crippen LogP contribution in [-0.2, 0) is 9.59 Å². The maximum Gasteiger partial charge on any atom is 0.244 e. The lowest BCUT2D eigenvalue weighted by atomic mass is 9.95. The molecular weight excluding hydrogens is 352 g/mol. The minimum atomic E-state index is -0.654. The van der Waals surface area contributed by atoms with E-state index in [-0.39, 0.29) is 30.1 Å². The number of likely N-dealkylation sites (tertiary alicyclic amines) is 1. The summed E-state index contributed by atoms with van der Waals surface area (Å²) in [6, 6.07) is 8.78. The minimum Gasteiger partial charge on any atom is -0.340 e. The summed E-state index contributed by atoms with van der Waals surface area (Å²) in [6.45, 7) is 4.57. The number of benzene rings is 1. The Morgan fingerprint density at radius 3 is 2.35 bits per heavy atom. The third-order valence-corrected chi connectivity index (χ3v) is 5.32. The molecule has 6 nitrogen and oxygen atoms in total. The second-order valence-electron chi connectivity index (χ2n) is 7.14. The molecule has 0 spiro atoms. The molecule has 2 aliphatic heterocycles. The fourth-order valence-electron chi connectivity index (χ4n) is 3.66. The molecule has 144 valence electrons. The number of nitrogens with zero attached hydrogens (tertiary/aromatic N) is 3. The predicted octanol–water partition coefficient (Wildman–Crippen LogP) is 1.12. The van der Waals surface area contributed by atoms with Crippen LogP contribution in [0.4, 0.5) is 0 Å². The Balaban J connectivity index is 0.00000243. The van der Waals surface area contributed by atoms with E-state index in [2.05, 4.69) is 11.9 Å². The van der Waals surface area contributed by atoms with Crippen molar-refractivity contribution in [2.24, 2.45) is 11.7 Å². The molecule has 0 saturated carbocycles. The van der Waals surface area contributed by atoms with Crippen LogP contribution in [0.1, 0.15) is 24.4 Å². The van der Waals surface area contributed by atoms with Crippen LogP contribution in [0.15, 0.2) is 30.3 Å². The molecule has 2 unspecified atom stereocenters. The maximum absolute atomic E-state index is 12.8. The predicted molar refractivity (Wildman–Crippen MR) is 104 cm³/mol. The highest BCUT2D eigenvalue weighted by atomic mass is 35.5. The van der Waals surface area contributed by atoms with Crippen molar-refractivity contribution in [1.29, 1.82) is 0 Å². The summed E-state index contributed by atoms with van der Waals surface area (Å²) in [5, 5.41) is 0. The number of carbonyl (C=O) groups is 2. The van der Waals surface area contributed by atoms with Crippen molar-refractivity contribution in [3.63, 3.8) is 0 Å². The van der Waals surface area contributed by atoms with Gasteiger partial charge in [0.05, 0.1) is 5.92 Å². The Labute approximate surface area is 161 Å². The molecular formula is C19H29ClN4O2. The summed E-state index contributed by atoms with van der Waals surface area (Å²) in [6.07, 6.45) is 1.72. The standard InChI is InChI=1S/C19H28N4O2.ClH/c1-21-10-12-22(13-11-21)18(24)16-8-5-9-23(14-16)19(25)17(20)15-6-3-2-4-7-15;/h2-4,6-7,16-17H,5,8-14,20H2,1H3;1H. The summed E-state index contributed by atoms with van der Waals surface area (Å²) >= 11 is 0. The molecule has 2 atom stereocenters. The fraction of sp³-hybridized carbons (Fsp3) is 0.579. The molecule has 0 bridgehead atoms. The summed E-state index contributed by atoms with van der Waals surface area (Å²) in [7, 11) is 2.08. The molecule has 1 aromatic carbocycles. The van der Waals surface area contributed by atoms with E-state index in [1.807, 2.05) is 35.2 Å². The first-order valence-corrected chi connectivity index (χ1v) is 9.13. The molecule has 0 aromatic heterocycles. The number of carbonyl (C=O) groups excluding carboxylic acids is 2. The average molecular weight is 381 g/mol. The number of hydrogen-bond acceptors (Lipinski definition) is 4. The molecule has 0 radical (unpaired) electrons. The number of halogens is 1. The van der Waals surface area contributed by atoms with Crippen molar-refractivity contribution in [2.45, 2.75) is 18.9 Å². The first-order valence-electron chi connectivity index (χ1n) is 9.13. The van der Waals surface area contributed by atoms with Gasteiger partial charge in [-0.25, -0.2) is 0 Å². The van der Waals surface area contributed by atoms with Gasteiger partial charge >= 0.3 is 0 Å². The largest absolute Gasteiger partial charge is 0.340 e. The SMILES string of the molecule is CN1CCN(C(=O)C2CCCN(C(=O)C(N)c3ccccc3)C2)CC1.Cl. The van der Waals surface area contributed by atoms with Crippen LogP contribution in [0.25, 0.3) is 0 Å². The number of hydrogen-bond donors (Lipinski definition) is 1.